The quantitative estimate of drug-likeness (QED) is 0.174. The molecule has 1 aromatic heterocycles. The van der Waals surface area contributed by atoms with Crippen LogP contribution in [0.5, 0.6) is 0 Å². The van der Waals surface area contributed by atoms with E-state index in [1.807, 2.05) is 0 Å². The highest BCUT2D eigenvalue weighted by atomic mass is 14.9. The molecular formula is C58H50N2. The lowest BCUT2D eigenvalue weighted by atomic mass is 9.66. The zero-order valence-corrected chi connectivity index (χ0v) is 34.4. The molecule has 6 aromatic carbocycles. The van der Waals surface area contributed by atoms with Crippen molar-refractivity contribution in [2.24, 2.45) is 0 Å². The van der Waals surface area contributed by atoms with Gasteiger partial charge in [0.1, 0.15) is 0 Å². The van der Waals surface area contributed by atoms with E-state index >= 15 is 0 Å². The molecule has 5 aliphatic carbocycles. The first-order valence-electron chi connectivity index (χ1n) is 22.6. The largest absolute Gasteiger partial charge is 0.228 e. The topological polar surface area (TPSA) is 25.8 Å². The molecule has 7 aromatic rings. The molecule has 12 rings (SSSR count). The van der Waals surface area contributed by atoms with Crippen molar-refractivity contribution >= 4 is 5.57 Å². The lowest BCUT2D eigenvalue weighted by molar-refractivity contribution is 0.350. The molecule has 0 N–H and O–H groups in total. The predicted octanol–water partition coefficient (Wildman–Crippen LogP) is 15.3. The maximum atomic E-state index is 5.08. The fourth-order valence-corrected chi connectivity index (χ4v) is 12.0. The van der Waals surface area contributed by atoms with Gasteiger partial charge in [-0.15, -0.1) is 0 Å². The Morgan fingerprint density at radius 3 is 1.48 bits per heavy atom. The van der Waals surface area contributed by atoms with Crippen LogP contribution in [0.4, 0.5) is 0 Å². The first kappa shape index (κ1) is 35.8. The van der Waals surface area contributed by atoms with Gasteiger partial charge in [0.25, 0.3) is 0 Å². The fraction of sp³-hybridized carbons (Fsp3) is 0.241. The van der Waals surface area contributed by atoms with E-state index in [2.05, 4.69) is 158 Å². The van der Waals surface area contributed by atoms with Crippen LogP contribution in [-0.2, 0) is 10.8 Å². The minimum atomic E-state index is 0.100. The molecule has 0 aliphatic heterocycles. The van der Waals surface area contributed by atoms with Crippen molar-refractivity contribution in [2.45, 2.75) is 87.9 Å². The third-order valence-corrected chi connectivity index (χ3v) is 14.9. The van der Waals surface area contributed by atoms with Crippen molar-refractivity contribution in [3.05, 3.63) is 186 Å². The Bertz CT molecular complexity index is 2850. The van der Waals surface area contributed by atoms with E-state index in [0.29, 0.717) is 0 Å². The van der Waals surface area contributed by atoms with Gasteiger partial charge >= 0.3 is 0 Å². The molecule has 292 valence electrons. The average Bonchev–Trinajstić information content (AvgIpc) is 3.73. The highest BCUT2D eigenvalue weighted by Gasteiger charge is 2.49. The number of hydrogen-bond acceptors (Lipinski definition) is 2. The molecular weight excluding hydrogens is 725 g/mol. The smallest absolute Gasteiger partial charge is 0.160 e. The van der Waals surface area contributed by atoms with Gasteiger partial charge in [-0.25, -0.2) is 9.97 Å². The van der Waals surface area contributed by atoms with E-state index in [0.717, 1.165) is 46.8 Å². The SMILES string of the molecule is C1=CC(c2nc(-c3ccccc3)cc(-c3ccc(-c4ccc(-c5ccc6c(c5)C5(CCCCC5)c5cc7c(cc5-6)C5(CCCCC5)c5ccccc5-7)cc4)cc3)n2)=CCC1. The molecule has 2 fully saturated rings. The second-order valence-corrected chi connectivity index (χ2v) is 18.2. The van der Waals surface area contributed by atoms with Crippen molar-refractivity contribution in [1.82, 2.24) is 9.97 Å². The van der Waals surface area contributed by atoms with Crippen LogP contribution in [0.25, 0.3) is 72.6 Å². The molecule has 0 bridgehead atoms. The summed E-state index contributed by atoms with van der Waals surface area (Å²) in [5.41, 5.74) is 22.9. The van der Waals surface area contributed by atoms with Gasteiger partial charge in [0.05, 0.1) is 11.4 Å². The minimum absolute atomic E-state index is 0.100. The van der Waals surface area contributed by atoms with E-state index in [1.165, 1.54) is 109 Å². The van der Waals surface area contributed by atoms with E-state index in [4.69, 9.17) is 9.97 Å². The van der Waals surface area contributed by atoms with Crippen molar-refractivity contribution in [3.8, 4) is 67.0 Å². The molecule has 2 heteroatoms. The first-order chi connectivity index (χ1) is 29.7. The molecule has 60 heavy (non-hydrogen) atoms. The number of benzene rings is 6. The summed E-state index contributed by atoms with van der Waals surface area (Å²) in [4.78, 5) is 10.1. The van der Waals surface area contributed by atoms with Gasteiger partial charge in [0, 0.05) is 27.5 Å². The number of allylic oxidation sites excluding steroid dienone is 4. The normalized spacial score (nSPS) is 17.8. The van der Waals surface area contributed by atoms with Crippen LogP contribution in [0, 0.1) is 0 Å². The Hall–Kier alpha value is -6.12. The zero-order chi connectivity index (χ0) is 39.7. The molecule has 2 nitrogen and oxygen atoms in total. The van der Waals surface area contributed by atoms with Crippen LogP contribution >= 0.6 is 0 Å². The second kappa shape index (κ2) is 14.3. The van der Waals surface area contributed by atoms with E-state index in [-0.39, 0.29) is 10.8 Å². The number of hydrogen-bond donors (Lipinski definition) is 0. The van der Waals surface area contributed by atoms with Crippen LogP contribution in [-0.4, -0.2) is 9.97 Å². The number of aromatic nitrogens is 2. The summed E-state index contributed by atoms with van der Waals surface area (Å²) < 4.78 is 0. The summed E-state index contributed by atoms with van der Waals surface area (Å²) in [6.45, 7) is 0. The molecule has 0 radical (unpaired) electrons. The number of fused-ring (bicyclic) bond motifs is 10. The number of nitrogens with zero attached hydrogens (tertiary/aromatic N) is 2. The highest BCUT2D eigenvalue weighted by Crippen LogP contribution is 2.62. The summed E-state index contributed by atoms with van der Waals surface area (Å²) in [5.74, 6) is 0.786. The van der Waals surface area contributed by atoms with Crippen molar-refractivity contribution < 1.29 is 0 Å². The van der Waals surface area contributed by atoms with Gasteiger partial charge in [-0.3, -0.25) is 0 Å². The molecule has 0 amide bonds. The molecule has 2 spiro atoms. The predicted molar refractivity (Wildman–Crippen MR) is 249 cm³/mol. The van der Waals surface area contributed by atoms with Crippen LogP contribution in [0.2, 0.25) is 0 Å². The Morgan fingerprint density at radius 1 is 0.367 bits per heavy atom. The molecule has 0 saturated heterocycles. The zero-order valence-electron chi connectivity index (χ0n) is 34.4. The summed E-state index contributed by atoms with van der Waals surface area (Å²) in [6, 6.07) is 53.0. The number of rotatable bonds is 5. The Labute approximate surface area is 354 Å². The fourth-order valence-electron chi connectivity index (χ4n) is 12.0. The average molecular weight is 775 g/mol. The lowest BCUT2D eigenvalue weighted by Crippen LogP contribution is -2.29. The van der Waals surface area contributed by atoms with E-state index in [1.54, 1.807) is 22.3 Å². The van der Waals surface area contributed by atoms with E-state index in [9.17, 15) is 0 Å². The Kier molecular flexibility index (Phi) is 8.51. The van der Waals surface area contributed by atoms with Gasteiger partial charge in [-0.2, -0.15) is 0 Å². The van der Waals surface area contributed by atoms with Crippen molar-refractivity contribution in [3.63, 3.8) is 0 Å². The Morgan fingerprint density at radius 2 is 0.867 bits per heavy atom. The second-order valence-electron chi connectivity index (χ2n) is 18.2. The van der Waals surface area contributed by atoms with Crippen molar-refractivity contribution in [2.75, 3.05) is 0 Å². The summed E-state index contributed by atoms with van der Waals surface area (Å²) in [6.07, 6.45) is 21.7. The van der Waals surface area contributed by atoms with Crippen LogP contribution in [0.1, 0.15) is 105 Å². The van der Waals surface area contributed by atoms with Crippen LogP contribution in [0.15, 0.2) is 158 Å². The third kappa shape index (κ3) is 5.67. The lowest BCUT2D eigenvalue weighted by Gasteiger charge is -2.37. The van der Waals surface area contributed by atoms with Gasteiger partial charge in [-0.1, -0.05) is 172 Å². The summed E-state index contributed by atoms with van der Waals surface area (Å²) in [7, 11) is 0. The maximum Gasteiger partial charge on any atom is 0.160 e. The van der Waals surface area contributed by atoms with Gasteiger partial charge in [0.15, 0.2) is 5.82 Å². The highest BCUT2D eigenvalue weighted by molar-refractivity contribution is 5.91. The standard InChI is InChI=1S/C58H50N2/c1-5-15-42(16-6-1)54-38-55(60-56(59-54)44-17-7-2-8-18-44)43-27-25-40(26-28-43)39-21-23-41(24-22-39)45-29-30-47-49-37-52-48(36-53(49)58(51(47)35-45)33-13-4-14-34-58)46-19-9-10-20-50(46)57(52)31-11-3-12-32-57/h1,5-7,9-10,15-30,35-38H,2-4,8,11-14,31-34H2. The summed E-state index contributed by atoms with van der Waals surface area (Å²) in [5, 5.41) is 0. The summed E-state index contributed by atoms with van der Waals surface area (Å²) >= 11 is 0. The monoisotopic (exact) mass is 774 g/mol. The van der Waals surface area contributed by atoms with Gasteiger partial charge < -0.3 is 0 Å². The molecule has 0 unspecified atom stereocenters. The van der Waals surface area contributed by atoms with Crippen LogP contribution < -0.4 is 0 Å². The van der Waals surface area contributed by atoms with Crippen LogP contribution in [0.3, 0.4) is 0 Å². The first-order valence-corrected chi connectivity index (χ1v) is 22.6. The van der Waals surface area contributed by atoms with Gasteiger partial charge in [-0.05, 0) is 130 Å². The molecule has 0 atom stereocenters. The minimum Gasteiger partial charge on any atom is -0.228 e. The molecule has 2 saturated carbocycles. The Balaban J connectivity index is 0.868. The molecule has 5 aliphatic rings. The van der Waals surface area contributed by atoms with Gasteiger partial charge in [0.2, 0.25) is 0 Å². The molecule has 1 heterocycles. The van der Waals surface area contributed by atoms with E-state index < -0.39 is 0 Å². The maximum absolute atomic E-state index is 5.08. The van der Waals surface area contributed by atoms with Crippen molar-refractivity contribution in [1.29, 1.82) is 0 Å². The third-order valence-electron chi connectivity index (χ3n) is 14.9.